The number of carbonyl (C=O) groups excluding carboxylic acids is 2. The topological polar surface area (TPSA) is 76.8 Å². The maximum atomic E-state index is 12.0. The molecule has 0 fully saturated rings. The van der Waals surface area contributed by atoms with E-state index in [-0.39, 0.29) is 12.5 Å². The predicted octanol–water partition coefficient (Wildman–Crippen LogP) is 2.56. The van der Waals surface area contributed by atoms with Gasteiger partial charge in [-0.15, -0.1) is 0 Å². The molecule has 0 atom stereocenters. The van der Waals surface area contributed by atoms with E-state index in [1.165, 1.54) is 13.1 Å². The van der Waals surface area contributed by atoms with Gasteiger partial charge in [0.25, 0.3) is 0 Å². The summed E-state index contributed by atoms with van der Waals surface area (Å²) >= 11 is 0. The monoisotopic (exact) mass is 338 g/mol. The number of anilines is 1. The molecule has 0 unspecified atom stereocenters. The van der Waals surface area contributed by atoms with Crippen molar-refractivity contribution in [3.63, 3.8) is 0 Å². The maximum absolute atomic E-state index is 12.0. The Bertz CT molecular complexity index is 948. The highest BCUT2D eigenvalue weighted by molar-refractivity contribution is 5.96. The Hall–Kier alpha value is -3.22. The zero-order valence-corrected chi connectivity index (χ0v) is 14.3. The molecule has 25 heavy (non-hydrogen) atoms. The second kappa shape index (κ2) is 6.72. The first-order valence-electron chi connectivity index (χ1n) is 7.87. The first-order valence-corrected chi connectivity index (χ1v) is 7.87. The quantitative estimate of drug-likeness (QED) is 0.683. The molecule has 0 radical (unpaired) electrons. The van der Waals surface area contributed by atoms with Crippen LogP contribution in [0.3, 0.4) is 0 Å². The van der Waals surface area contributed by atoms with Crippen LogP contribution in [0.1, 0.15) is 24.2 Å². The van der Waals surface area contributed by atoms with Crippen molar-refractivity contribution >= 4 is 23.2 Å². The van der Waals surface area contributed by atoms with Gasteiger partial charge in [-0.1, -0.05) is 12.1 Å². The standard InChI is InChI=1S/C18H18N4O3/c1-4-25-18(24)15-11-20-22-16(8-9-19-17(15)22)13-6-5-7-14(10-13)21(3)12(2)23/h5-11H,4H2,1-3H3. The Morgan fingerprint density at radius 3 is 2.80 bits per heavy atom. The van der Waals surface area contributed by atoms with Crippen LogP contribution in [0.2, 0.25) is 0 Å². The summed E-state index contributed by atoms with van der Waals surface area (Å²) in [4.78, 5) is 29.4. The van der Waals surface area contributed by atoms with Gasteiger partial charge in [0.1, 0.15) is 5.56 Å². The average Bonchev–Trinajstić information content (AvgIpc) is 3.05. The van der Waals surface area contributed by atoms with E-state index in [4.69, 9.17) is 4.74 Å². The average molecular weight is 338 g/mol. The SMILES string of the molecule is CCOC(=O)c1cnn2c(-c3cccc(N(C)C(C)=O)c3)ccnc12. The van der Waals surface area contributed by atoms with Crippen molar-refractivity contribution in [1.29, 1.82) is 0 Å². The Labute approximate surface area is 144 Å². The van der Waals surface area contributed by atoms with Crippen LogP contribution in [0, 0.1) is 0 Å². The Morgan fingerprint density at radius 2 is 2.08 bits per heavy atom. The molecule has 0 aliphatic rings. The third-order valence-electron chi connectivity index (χ3n) is 3.90. The summed E-state index contributed by atoms with van der Waals surface area (Å²) in [6.45, 7) is 3.55. The number of aromatic nitrogens is 3. The molecule has 0 saturated heterocycles. The van der Waals surface area contributed by atoms with E-state index in [1.807, 2.05) is 30.3 Å². The van der Waals surface area contributed by atoms with E-state index in [1.54, 1.807) is 29.6 Å². The Morgan fingerprint density at radius 1 is 1.28 bits per heavy atom. The number of amides is 1. The highest BCUT2D eigenvalue weighted by atomic mass is 16.5. The molecule has 2 aromatic heterocycles. The molecule has 0 N–H and O–H groups in total. The lowest BCUT2D eigenvalue weighted by molar-refractivity contribution is -0.116. The number of benzene rings is 1. The van der Waals surface area contributed by atoms with Crippen molar-refractivity contribution in [3.05, 3.63) is 48.3 Å². The highest BCUT2D eigenvalue weighted by Crippen LogP contribution is 2.25. The minimum absolute atomic E-state index is 0.0549. The van der Waals surface area contributed by atoms with E-state index < -0.39 is 5.97 Å². The fourth-order valence-electron chi connectivity index (χ4n) is 2.52. The molecule has 2 heterocycles. The molecule has 0 aliphatic carbocycles. The van der Waals surface area contributed by atoms with Gasteiger partial charge in [-0.3, -0.25) is 4.79 Å². The number of carbonyl (C=O) groups is 2. The molecule has 0 bridgehead atoms. The lowest BCUT2D eigenvalue weighted by Crippen LogP contribution is -2.22. The summed E-state index contributed by atoms with van der Waals surface area (Å²) in [6, 6.07) is 9.34. The summed E-state index contributed by atoms with van der Waals surface area (Å²) in [5.74, 6) is -0.507. The molecule has 0 spiro atoms. The molecule has 1 aromatic carbocycles. The fourth-order valence-corrected chi connectivity index (χ4v) is 2.52. The van der Waals surface area contributed by atoms with Gasteiger partial charge >= 0.3 is 5.97 Å². The molecule has 3 aromatic rings. The maximum Gasteiger partial charge on any atom is 0.343 e. The Kier molecular flexibility index (Phi) is 4.47. The zero-order chi connectivity index (χ0) is 18.0. The first-order chi connectivity index (χ1) is 12.0. The predicted molar refractivity (Wildman–Crippen MR) is 93.5 cm³/mol. The number of rotatable bonds is 4. The number of esters is 1. The van der Waals surface area contributed by atoms with Crippen LogP contribution in [-0.2, 0) is 9.53 Å². The molecular formula is C18H18N4O3. The molecule has 7 nitrogen and oxygen atoms in total. The minimum atomic E-state index is -0.452. The lowest BCUT2D eigenvalue weighted by Gasteiger charge is -2.16. The second-order valence-corrected chi connectivity index (χ2v) is 5.47. The third kappa shape index (κ3) is 3.08. The van der Waals surface area contributed by atoms with Crippen molar-refractivity contribution in [2.75, 3.05) is 18.6 Å². The largest absolute Gasteiger partial charge is 0.462 e. The summed E-state index contributed by atoms with van der Waals surface area (Å²) in [5, 5.41) is 4.28. The van der Waals surface area contributed by atoms with E-state index >= 15 is 0 Å². The van der Waals surface area contributed by atoms with Crippen molar-refractivity contribution < 1.29 is 14.3 Å². The molecule has 0 saturated carbocycles. The van der Waals surface area contributed by atoms with Gasteiger partial charge in [-0.2, -0.15) is 5.10 Å². The lowest BCUT2D eigenvalue weighted by atomic mass is 10.1. The van der Waals surface area contributed by atoms with Gasteiger partial charge in [0.15, 0.2) is 5.65 Å². The molecule has 128 valence electrons. The van der Waals surface area contributed by atoms with Crippen LogP contribution in [0.4, 0.5) is 5.69 Å². The van der Waals surface area contributed by atoms with E-state index in [2.05, 4.69) is 10.1 Å². The molecule has 3 rings (SSSR count). The third-order valence-corrected chi connectivity index (χ3v) is 3.90. The van der Waals surface area contributed by atoms with Crippen molar-refractivity contribution in [1.82, 2.24) is 14.6 Å². The smallest absolute Gasteiger partial charge is 0.343 e. The number of fused-ring (bicyclic) bond motifs is 1. The summed E-state index contributed by atoms with van der Waals surface area (Å²) in [7, 11) is 1.72. The van der Waals surface area contributed by atoms with Crippen molar-refractivity contribution in [3.8, 4) is 11.3 Å². The van der Waals surface area contributed by atoms with Crippen LogP contribution in [-0.4, -0.2) is 40.1 Å². The number of nitrogens with zero attached hydrogens (tertiary/aromatic N) is 4. The molecule has 0 aliphatic heterocycles. The highest BCUT2D eigenvalue weighted by Gasteiger charge is 2.17. The summed E-state index contributed by atoms with van der Waals surface area (Å²) in [5.41, 5.74) is 3.14. The zero-order valence-electron chi connectivity index (χ0n) is 14.3. The fraction of sp³-hybridized carbons (Fsp3) is 0.222. The Balaban J connectivity index is 2.10. The van der Waals surface area contributed by atoms with E-state index in [0.717, 1.165) is 16.9 Å². The number of hydrogen-bond donors (Lipinski definition) is 0. The van der Waals surface area contributed by atoms with Crippen LogP contribution in [0.5, 0.6) is 0 Å². The number of ether oxygens (including phenoxy) is 1. The molecule has 1 amide bonds. The van der Waals surface area contributed by atoms with Crippen molar-refractivity contribution in [2.24, 2.45) is 0 Å². The minimum Gasteiger partial charge on any atom is -0.462 e. The van der Waals surface area contributed by atoms with Crippen LogP contribution < -0.4 is 4.90 Å². The van der Waals surface area contributed by atoms with Crippen LogP contribution in [0.25, 0.3) is 16.9 Å². The summed E-state index contributed by atoms with van der Waals surface area (Å²) < 4.78 is 6.64. The normalized spacial score (nSPS) is 10.7. The van der Waals surface area contributed by atoms with Crippen LogP contribution in [0.15, 0.2) is 42.7 Å². The van der Waals surface area contributed by atoms with Gasteiger partial charge in [0.05, 0.1) is 18.5 Å². The van der Waals surface area contributed by atoms with E-state index in [0.29, 0.717) is 11.2 Å². The van der Waals surface area contributed by atoms with Gasteiger partial charge < -0.3 is 9.64 Å². The van der Waals surface area contributed by atoms with Gasteiger partial charge in [0, 0.05) is 31.4 Å². The molecule has 7 heteroatoms. The van der Waals surface area contributed by atoms with Gasteiger partial charge in [-0.25, -0.2) is 14.3 Å². The number of hydrogen-bond acceptors (Lipinski definition) is 5. The molecular weight excluding hydrogens is 320 g/mol. The van der Waals surface area contributed by atoms with Gasteiger partial charge in [-0.05, 0) is 25.1 Å². The van der Waals surface area contributed by atoms with Gasteiger partial charge in [0.2, 0.25) is 5.91 Å². The van der Waals surface area contributed by atoms with Crippen LogP contribution >= 0.6 is 0 Å². The first kappa shape index (κ1) is 16.6. The second-order valence-electron chi connectivity index (χ2n) is 5.47. The van der Waals surface area contributed by atoms with E-state index in [9.17, 15) is 9.59 Å². The van der Waals surface area contributed by atoms with Crippen molar-refractivity contribution in [2.45, 2.75) is 13.8 Å². The summed E-state index contributed by atoms with van der Waals surface area (Å²) in [6.07, 6.45) is 3.08.